The van der Waals surface area contributed by atoms with Crippen LogP contribution in [-0.4, -0.2) is 28.7 Å². The Labute approximate surface area is 121 Å². The zero-order valence-electron chi connectivity index (χ0n) is 13.0. The van der Waals surface area contributed by atoms with Crippen LogP contribution >= 0.6 is 0 Å². The molecule has 20 heavy (non-hydrogen) atoms. The first-order valence-electron chi connectivity index (χ1n) is 7.86. The molecule has 0 saturated carbocycles. The van der Waals surface area contributed by atoms with Crippen LogP contribution in [0.4, 0.5) is 0 Å². The van der Waals surface area contributed by atoms with Gasteiger partial charge >= 0.3 is 0 Å². The minimum Gasteiger partial charge on any atom is -0.316 e. The molecule has 2 heterocycles. The molecule has 0 aromatic carbocycles. The van der Waals surface area contributed by atoms with Crippen molar-refractivity contribution in [2.75, 3.05) is 13.1 Å². The zero-order valence-corrected chi connectivity index (χ0v) is 13.0. The molecule has 2 unspecified atom stereocenters. The summed E-state index contributed by atoms with van der Waals surface area (Å²) in [4.78, 5) is 12.3. The van der Waals surface area contributed by atoms with Gasteiger partial charge in [-0.1, -0.05) is 6.92 Å². The van der Waals surface area contributed by atoms with Gasteiger partial charge in [0.15, 0.2) is 0 Å². The van der Waals surface area contributed by atoms with Crippen LogP contribution in [-0.2, 0) is 17.8 Å². The maximum absolute atomic E-state index is 12.3. The molecule has 0 amide bonds. The van der Waals surface area contributed by atoms with Gasteiger partial charge in [-0.25, -0.2) is 0 Å². The lowest BCUT2D eigenvalue weighted by atomic mass is 9.84. The Kier molecular flexibility index (Phi) is 5.35. The number of aryl methyl sites for hydroxylation is 2. The lowest BCUT2D eigenvalue weighted by Gasteiger charge is -2.28. The van der Waals surface area contributed by atoms with Crippen molar-refractivity contribution >= 4 is 5.78 Å². The molecule has 1 aliphatic rings. The van der Waals surface area contributed by atoms with E-state index in [-0.39, 0.29) is 0 Å². The zero-order chi connectivity index (χ0) is 14.5. The van der Waals surface area contributed by atoms with E-state index in [2.05, 4.69) is 24.3 Å². The summed E-state index contributed by atoms with van der Waals surface area (Å²) in [5.74, 6) is 1.48. The fourth-order valence-corrected chi connectivity index (χ4v) is 3.18. The number of hydrogen-bond acceptors (Lipinski definition) is 3. The van der Waals surface area contributed by atoms with E-state index in [9.17, 15) is 4.79 Å². The number of aromatic nitrogens is 2. The van der Waals surface area contributed by atoms with E-state index >= 15 is 0 Å². The molecule has 112 valence electrons. The molecule has 1 N–H and O–H groups in total. The Hall–Kier alpha value is -1.16. The van der Waals surface area contributed by atoms with E-state index in [4.69, 9.17) is 0 Å². The van der Waals surface area contributed by atoms with E-state index < -0.39 is 0 Å². The number of carbonyl (C=O) groups is 1. The highest BCUT2D eigenvalue weighted by Crippen LogP contribution is 2.23. The molecule has 4 heteroatoms. The lowest BCUT2D eigenvalue weighted by molar-refractivity contribution is -0.119. The molecular weight excluding hydrogens is 250 g/mol. The van der Waals surface area contributed by atoms with Gasteiger partial charge in [-0.3, -0.25) is 9.48 Å². The number of hydrogen-bond donors (Lipinski definition) is 1. The third-order valence-electron chi connectivity index (χ3n) is 4.35. The van der Waals surface area contributed by atoms with Crippen molar-refractivity contribution < 1.29 is 4.79 Å². The number of carbonyl (C=O) groups excluding carboxylic acids is 1. The van der Waals surface area contributed by atoms with Gasteiger partial charge < -0.3 is 5.32 Å². The standard InChI is InChI=1S/C16H27N3O/c1-4-19-15(9-13(3)18-19)10-16(20)8-12(2)14-6-5-7-17-11-14/h9,12,14,17H,4-8,10-11H2,1-3H3. The summed E-state index contributed by atoms with van der Waals surface area (Å²) in [5, 5.41) is 7.84. The molecule has 0 aliphatic carbocycles. The highest BCUT2D eigenvalue weighted by Gasteiger charge is 2.22. The Bertz CT molecular complexity index is 447. The highest BCUT2D eigenvalue weighted by atomic mass is 16.1. The fourth-order valence-electron chi connectivity index (χ4n) is 3.18. The van der Waals surface area contributed by atoms with Crippen LogP contribution in [0.5, 0.6) is 0 Å². The molecule has 1 saturated heterocycles. The van der Waals surface area contributed by atoms with E-state index in [1.165, 1.54) is 12.8 Å². The Morgan fingerprint density at radius 3 is 3.05 bits per heavy atom. The summed E-state index contributed by atoms with van der Waals surface area (Å²) in [6.07, 6.45) is 3.72. The predicted octanol–water partition coefficient (Wildman–Crippen LogP) is 2.35. The number of Topliss-reactive ketones (excluding diaryl/α,β-unsaturated/α-hetero) is 1. The Morgan fingerprint density at radius 2 is 2.40 bits per heavy atom. The minimum absolute atomic E-state index is 0.345. The molecule has 2 atom stereocenters. The van der Waals surface area contributed by atoms with Gasteiger partial charge in [0.25, 0.3) is 0 Å². The van der Waals surface area contributed by atoms with Crippen molar-refractivity contribution in [3.8, 4) is 0 Å². The highest BCUT2D eigenvalue weighted by molar-refractivity contribution is 5.80. The van der Waals surface area contributed by atoms with Crippen molar-refractivity contribution in [2.45, 2.75) is 53.0 Å². The number of ketones is 1. The van der Waals surface area contributed by atoms with E-state index in [0.29, 0.717) is 30.5 Å². The second-order valence-corrected chi connectivity index (χ2v) is 6.10. The molecular formula is C16H27N3O. The number of nitrogens with zero attached hydrogens (tertiary/aromatic N) is 2. The van der Waals surface area contributed by atoms with Crippen LogP contribution in [0.1, 0.15) is 44.5 Å². The summed E-state index contributed by atoms with van der Waals surface area (Å²) in [6.45, 7) is 9.30. The van der Waals surface area contributed by atoms with Gasteiger partial charge in [0, 0.05) is 25.1 Å². The lowest BCUT2D eigenvalue weighted by Crippen LogP contribution is -2.34. The van der Waals surface area contributed by atoms with Gasteiger partial charge in [-0.2, -0.15) is 5.10 Å². The Balaban J connectivity index is 1.88. The van der Waals surface area contributed by atoms with Gasteiger partial charge in [-0.15, -0.1) is 0 Å². The summed E-state index contributed by atoms with van der Waals surface area (Å²) in [6, 6.07) is 2.04. The predicted molar refractivity (Wildman–Crippen MR) is 80.7 cm³/mol. The van der Waals surface area contributed by atoms with E-state index in [1.54, 1.807) is 0 Å². The average molecular weight is 277 g/mol. The molecule has 0 radical (unpaired) electrons. The van der Waals surface area contributed by atoms with Gasteiger partial charge in [0.1, 0.15) is 5.78 Å². The van der Waals surface area contributed by atoms with Crippen LogP contribution in [0.2, 0.25) is 0 Å². The summed E-state index contributed by atoms with van der Waals surface area (Å²) in [5.41, 5.74) is 2.06. The van der Waals surface area contributed by atoms with Crippen LogP contribution in [0.25, 0.3) is 0 Å². The second kappa shape index (κ2) is 7.02. The minimum atomic E-state index is 0.345. The molecule has 2 rings (SSSR count). The van der Waals surface area contributed by atoms with Gasteiger partial charge in [-0.05, 0) is 57.7 Å². The fraction of sp³-hybridized carbons (Fsp3) is 0.750. The van der Waals surface area contributed by atoms with Crippen LogP contribution in [0.15, 0.2) is 6.07 Å². The topological polar surface area (TPSA) is 46.9 Å². The van der Waals surface area contributed by atoms with Gasteiger partial charge in [0.2, 0.25) is 0 Å². The smallest absolute Gasteiger partial charge is 0.139 e. The third kappa shape index (κ3) is 3.92. The first kappa shape index (κ1) is 15.2. The van der Waals surface area contributed by atoms with Crippen molar-refractivity contribution in [3.63, 3.8) is 0 Å². The van der Waals surface area contributed by atoms with Crippen LogP contribution in [0.3, 0.4) is 0 Å². The molecule has 1 aliphatic heterocycles. The molecule has 1 fully saturated rings. The maximum atomic E-state index is 12.3. The van der Waals surface area contributed by atoms with Crippen LogP contribution in [0, 0.1) is 18.8 Å². The number of nitrogens with one attached hydrogen (secondary N) is 1. The Morgan fingerprint density at radius 1 is 1.60 bits per heavy atom. The molecule has 1 aromatic rings. The quantitative estimate of drug-likeness (QED) is 0.868. The van der Waals surface area contributed by atoms with Crippen molar-refractivity contribution in [1.29, 1.82) is 0 Å². The van der Waals surface area contributed by atoms with Crippen molar-refractivity contribution in [1.82, 2.24) is 15.1 Å². The normalized spacial score (nSPS) is 20.9. The molecule has 0 bridgehead atoms. The van der Waals surface area contributed by atoms with E-state index in [0.717, 1.165) is 31.0 Å². The summed E-state index contributed by atoms with van der Waals surface area (Å²) < 4.78 is 1.94. The maximum Gasteiger partial charge on any atom is 0.139 e. The monoisotopic (exact) mass is 277 g/mol. The first-order valence-corrected chi connectivity index (χ1v) is 7.86. The van der Waals surface area contributed by atoms with Crippen molar-refractivity contribution in [2.24, 2.45) is 11.8 Å². The largest absolute Gasteiger partial charge is 0.316 e. The van der Waals surface area contributed by atoms with E-state index in [1.807, 2.05) is 17.7 Å². The number of piperidine rings is 1. The van der Waals surface area contributed by atoms with Crippen LogP contribution < -0.4 is 5.32 Å². The second-order valence-electron chi connectivity index (χ2n) is 6.10. The molecule has 1 aromatic heterocycles. The van der Waals surface area contributed by atoms with Crippen molar-refractivity contribution in [3.05, 3.63) is 17.5 Å². The summed E-state index contributed by atoms with van der Waals surface area (Å²) >= 11 is 0. The third-order valence-corrected chi connectivity index (χ3v) is 4.35. The first-order chi connectivity index (χ1) is 9.60. The summed E-state index contributed by atoms with van der Waals surface area (Å²) in [7, 11) is 0. The number of rotatable bonds is 6. The SMILES string of the molecule is CCn1nc(C)cc1CC(=O)CC(C)C1CCCNC1. The molecule has 0 spiro atoms. The van der Waals surface area contributed by atoms with Gasteiger partial charge in [0.05, 0.1) is 5.69 Å². The average Bonchev–Trinajstić information content (AvgIpc) is 2.79. The molecule has 4 nitrogen and oxygen atoms in total.